The van der Waals surface area contributed by atoms with Gasteiger partial charge in [0.25, 0.3) is 0 Å². The molecule has 0 aliphatic rings. The third-order valence-electron chi connectivity index (χ3n) is 1.57. The van der Waals surface area contributed by atoms with Gasteiger partial charge < -0.3 is 10.5 Å². The highest BCUT2D eigenvalue weighted by atomic mass is 32.1. The van der Waals surface area contributed by atoms with Gasteiger partial charge in [0.05, 0.1) is 0 Å². The number of carbonyl (C=O) groups excluding carboxylic acids is 1. The van der Waals surface area contributed by atoms with Crippen LogP contribution in [0.25, 0.3) is 0 Å². The van der Waals surface area contributed by atoms with Crippen LogP contribution in [0.2, 0.25) is 0 Å². The summed E-state index contributed by atoms with van der Waals surface area (Å²) in [5.74, 6) is 0. The molecular formula is C8H12N2O3S. The lowest BCUT2D eigenvalue weighted by Crippen LogP contribution is -2.42. The Hall–Kier alpha value is -1.27. The molecule has 2 amide bonds. The average Bonchev–Trinajstić information content (AvgIpc) is 2.49. The van der Waals surface area contributed by atoms with Crippen molar-refractivity contribution < 1.29 is 14.7 Å². The zero-order valence-corrected chi connectivity index (χ0v) is 8.75. The van der Waals surface area contributed by atoms with E-state index in [-0.39, 0.29) is 0 Å². The molecule has 1 atom stereocenters. The quantitative estimate of drug-likeness (QED) is 0.457. The molecule has 0 fully saturated rings. The Kier molecular flexibility index (Phi) is 3.32. The van der Waals surface area contributed by atoms with Crippen LogP contribution in [0.4, 0.5) is 4.79 Å². The van der Waals surface area contributed by atoms with Gasteiger partial charge in [0, 0.05) is 4.88 Å². The van der Waals surface area contributed by atoms with Crippen LogP contribution >= 0.6 is 11.3 Å². The second-order valence-electron chi connectivity index (χ2n) is 2.77. The molecule has 1 aromatic rings. The van der Waals surface area contributed by atoms with Crippen LogP contribution in [0.15, 0.2) is 12.1 Å². The van der Waals surface area contributed by atoms with Crippen LogP contribution < -0.4 is 10.5 Å². The molecule has 14 heavy (non-hydrogen) atoms. The number of nitrogens with zero attached hydrogens (tertiary/aromatic N) is 1. The van der Waals surface area contributed by atoms with E-state index in [4.69, 9.17) is 15.7 Å². The van der Waals surface area contributed by atoms with Gasteiger partial charge in [-0.05, 0) is 26.0 Å². The van der Waals surface area contributed by atoms with E-state index in [1.54, 1.807) is 6.07 Å². The third kappa shape index (κ3) is 2.61. The van der Waals surface area contributed by atoms with Crippen molar-refractivity contribution >= 4 is 17.4 Å². The number of ether oxygens (including phenoxy) is 1. The van der Waals surface area contributed by atoms with Crippen LogP contribution in [0.3, 0.4) is 0 Å². The Morgan fingerprint density at radius 1 is 1.71 bits per heavy atom. The molecule has 0 aliphatic heterocycles. The van der Waals surface area contributed by atoms with Crippen LogP contribution in [-0.4, -0.2) is 22.5 Å². The van der Waals surface area contributed by atoms with Gasteiger partial charge in [-0.3, -0.25) is 5.21 Å². The molecule has 1 unspecified atom stereocenters. The molecule has 0 radical (unpaired) electrons. The minimum absolute atomic E-state index is 0.342. The zero-order valence-electron chi connectivity index (χ0n) is 7.93. The Bertz CT molecular complexity index is 326. The van der Waals surface area contributed by atoms with Crippen molar-refractivity contribution in [3.63, 3.8) is 0 Å². The lowest BCUT2D eigenvalue weighted by atomic mass is 10.5. The summed E-state index contributed by atoms with van der Waals surface area (Å²) in [6, 6.07) is 2.72. The number of urea groups is 1. The fraction of sp³-hybridized carbons (Fsp3) is 0.375. The SMILES string of the molecule is Cc1ccc(OC(C)N(O)C(N)=O)s1. The van der Waals surface area contributed by atoms with Crippen molar-refractivity contribution in [3.8, 4) is 5.06 Å². The van der Waals surface area contributed by atoms with Gasteiger partial charge in [-0.25, -0.2) is 4.79 Å². The predicted molar refractivity (Wildman–Crippen MR) is 52.4 cm³/mol. The maximum atomic E-state index is 10.6. The molecular weight excluding hydrogens is 204 g/mol. The van der Waals surface area contributed by atoms with E-state index in [0.717, 1.165) is 4.88 Å². The number of thiophene rings is 1. The van der Waals surface area contributed by atoms with Crippen LogP contribution in [0.1, 0.15) is 11.8 Å². The van der Waals surface area contributed by atoms with Gasteiger partial charge in [-0.1, -0.05) is 0 Å². The second kappa shape index (κ2) is 4.30. The van der Waals surface area contributed by atoms with E-state index in [0.29, 0.717) is 10.1 Å². The summed E-state index contributed by atoms with van der Waals surface area (Å²) >= 11 is 1.43. The molecule has 6 heteroatoms. The van der Waals surface area contributed by atoms with Gasteiger partial charge in [-0.2, -0.15) is 5.06 Å². The van der Waals surface area contributed by atoms with Crippen molar-refractivity contribution in [1.82, 2.24) is 5.06 Å². The first kappa shape index (κ1) is 10.8. The predicted octanol–water partition coefficient (Wildman–Crippen LogP) is 1.55. The molecule has 0 saturated heterocycles. The van der Waals surface area contributed by atoms with Gasteiger partial charge >= 0.3 is 6.03 Å². The summed E-state index contributed by atoms with van der Waals surface area (Å²) in [4.78, 5) is 11.7. The highest BCUT2D eigenvalue weighted by molar-refractivity contribution is 7.13. The minimum atomic E-state index is -0.939. The minimum Gasteiger partial charge on any atom is -0.459 e. The first-order valence-corrected chi connectivity index (χ1v) is 4.83. The lowest BCUT2D eigenvalue weighted by Gasteiger charge is -2.20. The summed E-state index contributed by atoms with van der Waals surface area (Å²) < 4.78 is 5.25. The first-order valence-electron chi connectivity index (χ1n) is 4.01. The number of hydrogen-bond donors (Lipinski definition) is 2. The highest BCUT2D eigenvalue weighted by Gasteiger charge is 2.16. The molecule has 3 N–H and O–H groups in total. The number of rotatable bonds is 3. The number of hydrogen-bond acceptors (Lipinski definition) is 4. The molecule has 1 rings (SSSR count). The summed E-state index contributed by atoms with van der Waals surface area (Å²) in [7, 11) is 0. The van der Waals surface area contributed by atoms with Crippen LogP contribution in [-0.2, 0) is 0 Å². The van der Waals surface area contributed by atoms with Gasteiger partial charge in [0.2, 0.25) is 0 Å². The summed E-state index contributed by atoms with van der Waals surface area (Å²) in [5, 5.41) is 10.1. The van der Waals surface area contributed by atoms with Crippen molar-refractivity contribution in [2.45, 2.75) is 20.1 Å². The largest absolute Gasteiger partial charge is 0.459 e. The van der Waals surface area contributed by atoms with Crippen LogP contribution in [0, 0.1) is 6.92 Å². The Morgan fingerprint density at radius 2 is 2.36 bits per heavy atom. The Balaban J connectivity index is 2.56. The Morgan fingerprint density at radius 3 is 2.79 bits per heavy atom. The molecule has 78 valence electrons. The number of amides is 2. The average molecular weight is 216 g/mol. The highest BCUT2D eigenvalue weighted by Crippen LogP contribution is 2.24. The summed E-state index contributed by atoms with van der Waals surface area (Å²) in [5.41, 5.74) is 4.86. The Labute approximate surface area is 85.7 Å². The molecule has 1 heterocycles. The standard InChI is InChI=1S/C8H12N2O3S/c1-5-3-4-7(14-5)13-6(2)10(12)8(9)11/h3-4,6,12H,1-2H3,(H2,9,11). The van der Waals surface area contributed by atoms with Gasteiger partial charge in [-0.15, -0.1) is 11.3 Å². The normalized spacial score (nSPS) is 12.2. The van der Waals surface area contributed by atoms with E-state index in [1.165, 1.54) is 18.3 Å². The molecule has 5 nitrogen and oxygen atoms in total. The van der Waals surface area contributed by atoms with Crippen molar-refractivity contribution in [3.05, 3.63) is 17.0 Å². The molecule has 0 bridgehead atoms. The molecule has 0 aromatic carbocycles. The van der Waals surface area contributed by atoms with Crippen LogP contribution in [0.5, 0.6) is 5.06 Å². The van der Waals surface area contributed by atoms with Gasteiger partial charge in [0.1, 0.15) is 0 Å². The number of primary amides is 1. The monoisotopic (exact) mass is 216 g/mol. The lowest BCUT2D eigenvalue weighted by molar-refractivity contribution is -0.130. The van der Waals surface area contributed by atoms with E-state index in [9.17, 15) is 4.79 Å². The van der Waals surface area contributed by atoms with Crippen molar-refractivity contribution in [1.29, 1.82) is 0 Å². The van der Waals surface area contributed by atoms with Gasteiger partial charge in [0.15, 0.2) is 11.3 Å². The van der Waals surface area contributed by atoms with E-state index >= 15 is 0 Å². The van der Waals surface area contributed by atoms with E-state index < -0.39 is 12.3 Å². The number of nitrogens with two attached hydrogens (primary N) is 1. The molecule has 0 spiro atoms. The fourth-order valence-electron chi connectivity index (χ4n) is 0.873. The molecule has 1 aromatic heterocycles. The zero-order chi connectivity index (χ0) is 10.7. The summed E-state index contributed by atoms with van der Waals surface area (Å²) in [6.45, 7) is 3.47. The third-order valence-corrected chi connectivity index (χ3v) is 2.46. The first-order chi connectivity index (χ1) is 6.50. The number of hydroxylamine groups is 2. The molecule has 0 aliphatic carbocycles. The smallest absolute Gasteiger partial charge is 0.341 e. The topological polar surface area (TPSA) is 75.8 Å². The second-order valence-corrected chi connectivity index (χ2v) is 4.02. The molecule has 0 saturated carbocycles. The fourth-order valence-corrected chi connectivity index (χ4v) is 1.65. The van der Waals surface area contributed by atoms with Crippen molar-refractivity contribution in [2.75, 3.05) is 0 Å². The van der Waals surface area contributed by atoms with Crippen molar-refractivity contribution in [2.24, 2.45) is 5.73 Å². The van der Waals surface area contributed by atoms with E-state index in [1.807, 2.05) is 13.0 Å². The number of carbonyl (C=O) groups is 1. The van der Waals surface area contributed by atoms with E-state index in [2.05, 4.69) is 0 Å². The number of aryl methyl sites for hydroxylation is 1. The maximum absolute atomic E-state index is 10.6. The summed E-state index contributed by atoms with van der Waals surface area (Å²) in [6.07, 6.45) is -0.787. The maximum Gasteiger partial charge on any atom is 0.341 e.